The summed E-state index contributed by atoms with van der Waals surface area (Å²) in [5.41, 5.74) is 5.35. The van der Waals surface area contributed by atoms with Crippen LogP contribution in [0.1, 0.15) is 83.2 Å². The number of amides is 2. The number of halogens is 1. The lowest BCUT2D eigenvalue weighted by atomic mass is 9.85. The summed E-state index contributed by atoms with van der Waals surface area (Å²) in [5.74, 6) is 0.908. The number of rotatable bonds is 10. The van der Waals surface area contributed by atoms with Gasteiger partial charge in [0.1, 0.15) is 5.78 Å². The Morgan fingerprint density at radius 2 is 1.65 bits per heavy atom. The second kappa shape index (κ2) is 14.7. The van der Waals surface area contributed by atoms with Crippen molar-refractivity contribution in [3.8, 4) is 0 Å². The molecule has 0 spiro atoms. The van der Waals surface area contributed by atoms with E-state index in [4.69, 9.17) is 11.6 Å². The van der Waals surface area contributed by atoms with E-state index < -0.39 is 0 Å². The number of carbonyl (C=O) groups excluding carboxylic acids is 3. The number of aryl methyl sites for hydroxylation is 1. The van der Waals surface area contributed by atoms with Crippen molar-refractivity contribution >= 4 is 40.6 Å². The third-order valence-corrected chi connectivity index (χ3v) is 9.22. The zero-order valence-corrected chi connectivity index (χ0v) is 25.8. The number of hydrogen-bond donors (Lipinski definition) is 2. The molecule has 0 aromatic heterocycles. The van der Waals surface area contributed by atoms with Crippen LogP contribution in [-0.4, -0.2) is 37.2 Å². The first-order chi connectivity index (χ1) is 20.9. The number of ketones is 1. The van der Waals surface area contributed by atoms with Crippen LogP contribution >= 0.6 is 11.6 Å². The molecule has 2 fully saturated rings. The number of piperidine rings is 1. The van der Waals surface area contributed by atoms with Crippen molar-refractivity contribution in [1.82, 2.24) is 5.32 Å². The number of anilines is 2. The molecule has 1 saturated carbocycles. The molecule has 6 nitrogen and oxygen atoms in total. The fourth-order valence-electron chi connectivity index (χ4n) is 6.47. The Hall–Kier alpha value is -3.64. The van der Waals surface area contributed by atoms with Crippen molar-refractivity contribution in [3.05, 3.63) is 94.0 Å². The van der Waals surface area contributed by atoms with Crippen molar-refractivity contribution in [1.29, 1.82) is 0 Å². The third kappa shape index (κ3) is 8.47. The summed E-state index contributed by atoms with van der Waals surface area (Å²) in [7, 11) is 0. The molecular weight excluding hydrogens is 558 g/mol. The highest BCUT2D eigenvalue weighted by atomic mass is 35.5. The number of benzene rings is 3. The molecule has 7 heteroatoms. The molecule has 2 amide bonds. The van der Waals surface area contributed by atoms with Gasteiger partial charge in [0.15, 0.2) is 0 Å². The lowest BCUT2D eigenvalue weighted by Crippen LogP contribution is -2.34. The van der Waals surface area contributed by atoms with Crippen LogP contribution in [0.15, 0.2) is 66.7 Å². The maximum Gasteiger partial charge on any atom is 0.255 e. The molecule has 43 heavy (non-hydrogen) atoms. The van der Waals surface area contributed by atoms with Gasteiger partial charge in [0.05, 0.1) is 0 Å². The fraction of sp³-hybridized carbons (Fsp3) is 0.417. The number of carbonyl (C=O) groups is 3. The van der Waals surface area contributed by atoms with E-state index in [1.807, 2.05) is 12.1 Å². The Balaban J connectivity index is 1.24. The highest BCUT2D eigenvalue weighted by Gasteiger charge is 2.23. The van der Waals surface area contributed by atoms with Crippen molar-refractivity contribution in [2.45, 2.75) is 64.7 Å². The second-order valence-electron chi connectivity index (χ2n) is 12.2. The van der Waals surface area contributed by atoms with E-state index in [1.54, 1.807) is 30.3 Å². The van der Waals surface area contributed by atoms with Crippen LogP contribution in [0.2, 0.25) is 5.02 Å². The standard InChI is InChI=1S/C36H42ClN3O3/c1-25-6-2-3-10-34(25)40-20-17-27(18-21-40)22-29-11-12-30(24-33(29)39-36(43)28-13-15-31(37)16-14-28)35(42)38-19-5-8-26-7-4-9-32(41)23-26/h2-3,6,10-16,24,26-27H,4-5,7-9,17-23H2,1H3,(H,38,42)(H,39,43). The molecule has 5 rings (SSSR count). The molecule has 1 aliphatic heterocycles. The van der Waals surface area contributed by atoms with Gasteiger partial charge in [0.25, 0.3) is 11.8 Å². The van der Waals surface area contributed by atoms with Gasteiger partial charge >= 0.3 is 0 Å². The van der Waals surface area contributed by atoms with Crippen molar-refractivity contribution in [3.63, 3.8) is 0 Å². The van der Waals surface area contributed by atoms with E-state index in [2.05, 4.69) is 46.7 Å². The van der Waals surface area contributed by atoms with Gasteiger partial charge in [-0.3, -0.25) is 14.4 Å². The molecule has 1 heterocycles. The summed E-state index contributed by atoms with van der Waals surface area (Å²) in [5, 5.41) is 6.69. The third-order valence-electron chi connectivity index (χ3n) is 8.96. The molecule has 2 N–H and O–H groups in total. The number of nitrogens with one attached hydrogen (secondary N) is 2. The van der Waals surface area contributed by atoms with Gasteiger partial charge in [-0.15, -0.1) is 0 Å². The largest absolute Gasteiger partial charge is 0.371 e. The van der Waals surface area contributed by atoms with Gasteiger partial charge in [-0.05, 0) is 117 Å². The summed E-state index contributed by atoms with van der Waals surface area (Å²) in [4.78, 5) is 40.5. The first kappa shape index (κ1) is 30.8. The zero-order chi connectivity index (χ0) is 30.2. The average Bonchev–Trinajstić information content (AvgIpc) is 3.01. The minimum Gasteiger partial charge on any atom is -0.371 e. The zero-order valence-electron chi connectivity index (χ0n) is 25.0. The molecule has 226 valence electrons. The Morgan fingerprint density at radius 3 is 2.40 bits per heavy atom. The minimum atomic E-state index is -0.230. The molecule has 1 aliphatic carbocycles. The topological polar surface area (TPSA) is 78.5 Å². The SMILES string of the molecule is Cc1ccccc1N1CCC(Cc2ccc(C(=O)NCCCC3CCCC(=O)C3)cc2NC(=O)c2ccc(Cl)cc2)CC1. The van der Waals surface area contributed by atoms with Crippen molar-refractivity contribution < 1.29 is 14.4 Å². The van der Waals surface area contributed by atoms with Gasteiger partial charge in [-0.2, -0.15) is 0 Å². The molecule has 1 unspecified atom stereocenters. The van der Waals surface area contributed by atoms with E-state index >= 15 is 0 Å². The summed E-state index contributed by atoms with van der Waals surface area (Å²) >= 11 is 6.03. The summed E-state index contributed by atoms with van der Waals surface area (Å²) < 4.78 is 0. The molecule has 0 radical (unpaired) electrons. The maximum absolute atomic E-state index is 13.2. The van der Waals surface area contributed by atoms with E-state index in [9.17, 15) is 14.4 Å². The van der Waals surface area contributed by atoms with Crippen LogP contribution in [0.3, 0.4) is 0 Å². The molecular formula is C36H42ClN3O3. The molecule has 3 aromatic rings. The van der Waals surface area contributed by atoms with Crippen molar-refractivity contribution in [2.24, 2.45) is 11.8 Å². The van der Waals surface area contributed by atoms with Crippen LogP contribution in [0.4, 0.5) is 11.4 Å². The molecule has 1 atom stereocenters. The smallest absolute Gasteiger partial charge is 0.255 e. The molecule has 2 aliphatic rings. The van der Waals surface area contributed by atoms with Crippen LogP contribution in [0.5, 0.6) is 0 Å². The van der Waals surface area contributed by atoms with Gasteiger partial charge < -0.3 is 15.5 Å². The number of para-hydroxylation sites is 1. The number of Topliss-reactive ketones (excluding diaryl/α,β-unsaturated/α-hetero) is 1. The highest BCUT2D eigenvalue weighted by molar-refractivity contribution is 6.30. The number of hydrogen-bond acceptors (Lipinski definition) is 4. The van der Waals surface area contributed by atoms with E-state index in [1.165, 1.54) is 11.3 Å². The van der Waals surface area contributed by atoms with E-state index in [0.29, 0.717) is 58.8 Å². The average molecular weight is 600 g/mol. The van der Waals surface area contributed by atoms with Crippen LogP contribution in [0, 0.1) is 18.8 Å². The monoisotopic (exact) mass is 599 g/mol. The minimum absolute atomic E-state index is 0.153. The van der Waals surface area contributed by atoms with Gasteiger partial charge in [-0.1, -0.05) is 35.9 Å². The second-order valence-corrected chi connectivity index (χ2v) is 12.6. The summed E-state index contributed by atoms with van der Waals surface area (Å²) in [6.45, 7) is 4.72. The summed E-state index contributed by atoms with van der Waals surface area (Å²) in [6.07, 6.45) is 8.24. The van der Waals surface area contributed by atoms with Gasteiger partial charge in [0.2, 0.25) is 0 Å². The highest BCUT2D eigenvalue weighted by Crippen LogP contribution is 2.30. The molecule has 0 bridgehead atoms. The van der Waals surface area contributed by atoms with E-state index in [0.717, 1.165) is 63.6 Å². The molecule has 1 saturated heterocycles. The predicted octanol–water partition coefficient (Wildman–Crippen LogP) is 7.63. The lowest BCUT2D eigenvalue weighted by Gasteiger charge is -2.34. The van der Waals surface area contributed by atoms with Crippen LogP contribution in [-0.2, 0) is 11.2 Å². The van der Waals surface area contributed by atoms with E-state index in [-0.39, 0.29) is 11.8 Å². The maximum atomic E-state index is 13.2. The fourth-order valence-corrected chi connectivity index (χ4v) is 6.60. The Morgan fingerprint density at radius 1 is 0.907 bits per heavy atom. The van der Waals surface area contributed by atoms with Crippen molar-refractivity contribution in [2.75, 3.05) is 29.9 Å². The quantitative estimate of drug-likeness (QED) is 0.235. The Labute approximate surface area is 260 Å². The normalized spacial score (nSPS) is 17.5. The molecule has 3 aromatic carbocycles. The predicted molar refractivity (Wildman–Crippen MR) is 174 cm³/mol. The first-order valence-corrected chi connectivity index (χ1v) is 16.0. The number of nitrogens with zero attached hydrogens (tertiary/aromatic N) is 1. The lowest BCUT2D eigenvalue weighted by molar-refractivity contribution is -0.121. The van der Waals surface area contributed by atoms with Gasteiger partial charge in [-0.25, -0.2) is 0 Å². The van der Waals surface area contributed by atoms with Crippen LogP contribution in [0.25, 0.3) is 0 Å². The van der Waals surface area contributed by atoms with Crippen LogP contribution < -0.4 is 15.5 Å². The Kier molecular flexibility index (Phi) is 10.5. The van der Waals surface area contributed by atoms with Gasteiger partial charge in [0, 0.05) is 60.0 Å². The Bertz CT molecular complexity index is 1430. The first-order valence-electron chi connectivity index (χ1n) is 15.7. The summed E-state index contributed by atoms with van der Waals surface area (Å²) in [6, 6.07) is 21.0.